The maximum Gasteiger partial charge on any atom is 0.408 e. The number of imidazole rings is 1. The highest BCUT2D eigenvalue weighted by Crippen LogP contribution is 2.40. The highest BCUT2D eigenvalue weighted by Gasteiger charge is 2.47. The van der Waals surface area contributed by atoms with Crippen LogP contribution >= 0.6 is 0 Å². The summed E-state index contributed by atoms with van der Waals surface area (Å²) in [5.74, 6) is -6.44. The van der Waals surface area contributed by atoms with Crippen molar-refractivity contribution in [1.82, 2.24) is 36.1 Å². The molecule has 80 heavy (non-hydrogen) atoms. The molecule has 0 radical (unpaired) electrons. The third-order valence-corrected chi connectivity index (χ3v) is 13.9. The third kappa shape index (κ3) is 16.5. The van der Waals surface area contributed by atoms with Gasteiger partial charge in [0.25, 0.3) is 5.91 Å². The minimum Gasteiger partial charge on any atom is -0.489 e. The maximum atomic E-state index is 16.0. The molecule has 1 aliphatic rings. The van der Waals surface area contributed by atoms with Crippen molar-refractivity contribution in [2.24, 2.45) is 17.8 Å². The molecular formula is C56H74N10O14. The highest BCUT2D eigenvalue weighted by atomic mass is 16.6. The standard InChI is InChI=1S/C56H74N10O14/c1-11-34(5)46(60-49(67)40(59-51(69)45(33(3)4)62-55(73)80-56(7,8)9)28-36-23-25-39(26-24-36)79-31-37-18-14-13-15-19-37)53(71)64(41-20-16-21-42(65(74)75)48(41)66(76)77)44(29-38-30-57-32-58-38)52(70)63-27-17-22-43(63)50(68)61-47(35(6)12-2)54(72)78-10/h13-16,18-21,23-26,30,32-35,40,43-47H,11-12,17,22,27-29,31H2,1-10H3,(H,57,58)(H,59,69)(H,60,67)(H,61,68)(H,62,73)/t34-,35-,40-,43-,44-,45-,46-,47-/m0/s1. The van der Waals surface area contributed by atoms with Gasteiger partial charge in [0.15, 0.2) is 0 Å². The number of methoxy groups -OCH3 is 1. The van der Waals surface area contributed by atoms with Crippen LogP contribution < -0.4 is 30.9 Å². The SMILES string of the molecule is CC[C@H](C)[C@H](NC(=O)[C@@H]1CCCN1C(=O)[C@H](Cc1c[nH]cn1)N(C(=O)[C@@H](NC(=O)[C@H](Cc1ccc(OCc2ccccc2)cc1)NC(=O)[C@@H](NC(=O)OC(C)(C)C)C(C)C)[C@@H](C)CC)c1cccc([N+](=O)[O-])c1[N+](=O)[O-])C(=O)OC. The quantitative estimate of drug-likeness (QED) is 0.0264. The maximum absolute atomic E-state index is 16.0. The largest absolute Gasteiger partial charge is 0.489 e. The first-order valence-electron chi connectivity index (χ1n) is 26.7. The van der Waals surface area contributed by atoms with Crippen molar-refractivity contribution in [3.05, 3.63) is 122 Å². The van der Waals surface area contributed by atoms with E-state index < -0.39 is 129 Å². The Morgan fingerprint density at radius 2 is 1.45 bits per heavy atom. The van der Waals surface area contributed by atoms with Gasteiger partial charge in [0, 0.05) is 31.6 Å². The van der Waals surface area contributed by atoms with Gasteiger partial charge in [-0.05, 0) is 80.7 Å². The minimum atomic E-state index is -1.84. The van der Waals surface area contributed by atoms with Gasteiger partial charge in [-0.25, -0.2) is 14.6 Å². The van der Waals surface area contributed by atoms with Crippen molar-refractivity contribution in [1.29, 1.82) is 0 Å². The van der Waals surface area contributed by atoms with E-state index in [9.17, 15) is 39.4 Å². The molecule has 4 aromatic rings. The number of nitrogens with zero attached hydrogens (tertiary/aromatic N) is 5. The number of hydrogen-bond donors (Lipinski definition) is 5. The van der Waals surface area contributed by atoms with E-state index in [1.165, 1.54) is 24.5 Å². The summed E-state index contributed by atoms with van der Waals surface area (Å²) in [5.41, 5.74) is -2.16. The fourth-order valence-corrected chi connectivity index (χ4v) is 9.14. The number of H-pyrrole nitrogens is 1. The van der Waals surface area contributed by atoms with E-state index in [0.717, 1.165) is 28.7 Å². The number of anilines is 1. The molecule has 1 fully saturated rings. The number of nitro groups is 2. The molecule has 8 atom stereocenters. The van der Waals surface area contributed by atoms with Crippen LogP contribution in [0.1, 0.15) is 105 Å². The molecule has 24 heteroatoms. The molecule has 5 N–H and O–H groups in total. The van der Waals surface area contributed by atoms with Crippen LogP contribution in [0.25, 0.3) is 0 Å². The Morgan fingerprint density at radius 3 is 2.02 bits per heavy atom. The number of amides is 6. The molecule has 0 unspecified atom stereocenters. The monoisotopic (exact) mass is 1110 g/mol. The average Bonchev–Trinajstić information content (AvgIpc) is 4.26. The molecular weight excluding hydrogens is 1040 g/mol. The van der Waals surface area contributed by atoms with E-state index >= 15 is 14.4 Å². The summed E-state index contributed by atoms with van der Waals surface area (Å²) >= 11 is 0. The molecule has 1 aromatic heterocycles. The molecule has 6 amide bonds. The van der Waals surface area contributed by atoms with Gasteiger partial charge in [-0.3, -0.25) is 49.1 Å². The molecule has 0 spiro atoms. The van der Waals surface area contributed by atoms with Gasteiger partial charge in [0.2, 0.25) is 23.6 Å². The molecule has 1 saturated heterocycles. The lowest BCUT2D eigenvalue weighted by Crippen LogP contribution is -2.62. The first-order chi connectivity index (χ1) is 37.9. The van der Waals surface area contributed by atoms with Crippen molar-refractivity contribution in [2.45, 2.75) is 149 Å². The van der Waals surface area contributed by atoms with Gasteiger partial charge in [0.1, 0.15) is 59.9 Å². The fourth-order valence-electron chi connectivity index (χ4n) is 9.14. The van der Waals surface area contributed by atoms with Gasteiger partial charge in [-0.1, -0.05) is 103 Å². The number of hydrogen-bond acceptors (Lipinski definition) is 15. The summed E-state index contributed by atoms with van der Waals surface area (Å²) in [6.07, 6.45) is 2.18. The van der Waals surface area contributed by atoms with E-state index in [0.29, 0.717) is 17.7 Å². The van der Waals surface area contributed by atoms with Crippen LogP contribution in [0.3, 0.4) is 0 Å². The lowest BCUT2D eigenvalue weighted by Gasteiger charge is -2.38. The lowest BCUT2D eigenvalue weighted by atomic mass is 9.94. The van der Waals surface area contributed by atoms with Crippen molar-refractivity contribution >= 4 is 58.7 Å². The smallest absolute Gasteiger partial charge is 0.408 e. The van der Waals surface area contributed by atoms with Crippen molar-refractivity contribution in [3.8, 4) is 5.75 Å². The zero-order valence-electron chi connectivity index (χ0n) is 46.9. The van der Waals surface area contributed by atoms with Gasteiger partial charge in [0.05, 0.1) is 29.0 Å². The Labute approximate surface area is 464 Å². The van der Waals surface area contributed by atoms with E-state index in [1.807, 2.05) is 37.3 Å². The molecule has 0 saturated carbocycles. The van der Waals surface area contributed by atoms with Crippen LogP contribution in [-0.2, 0) is 57.7 Å². The van der Waals surface area contributed by atoms with E-state index in [2.05, 4.69) is 31.2 Å². The number of rotatable bonds is 26. The predicted octanol–water partition coefficient (Wildman–Crippen LogP) is 6.25. The first kappa shape index (κ1) is 62.4. The van der Waals surface area contributed by atoms with Gasteiger partial charge in [-0.2, -0.15) is 0 Å². The molecule has 0 aliphatic carbocycles. The average molecular weight is 1110 g/mol. The Kier molecular flexibility index (Phi) is 22.2. The molecule has 1 aliphatic heterocycles. The lowest BCUT2D eigenvalue weighted by molar-refractivity contribution is -0.422. The molecule has 2 heterocycles. The topological polar surface area (TPSA) is 317 Å². The summed E-state index contributed by atoms with van der Waals surface area (Å²) in [4.78, 5) is 134. The number of aromatic amines is 1. The number of alkyl carbamates (subject to hydrolysis) is 1. The van der Waals surface area contributed by atoms with Gasteiger partial charge >= 0.3 is 23.4 Å². The second-order valence-electron chi connectivity index (χ2n) is 21.2. The Balaban J connectivity index is 1.63. The number of benzene rings is 3. The molecule has 3 aromatic carbocycles. The van der Waals surface area contributed by atoms with Crippen LogP contribution in [0.15, 0.2) is 85.3 Å². The van der Waals surface area contributed by atoms with Crippen LogP contribution in [0.2, 0.25) is 0 Å². The number of nitro benzene ring substituents is 2. The molecule has 5 rings (SSSR count). The number of carbonyl (C=O) groups is 7. The zero-order valence-corrected chi connectivity index (χ0v) is 46.9. The number of para-hydroxylation sites is 1. The normalized spacial score (nSPS) is 15.9. The summed E-state index contributed by atoms with van der Waals surface area (Å²) < 4.78 is 16.4. The summed E-state index contributed by atoms with van der Waals surface area (Å²) in [5, 5.41) is 36.5. The highest BCUT2D eigenvalue weighted by molar-refractivity contribution is 6.07. The summed E-state index contributed by atoms with van der Waals surface area (Å²) in [6.45, 7) is 15.4. The summed E-state index contributed by atoms with van der Waals surface area (Å²) in [6, 6.07) is 10.7. The van der Waals surface area contributed by atoms with Crippen molar-refractivity contribution < 1.29 is 57.6 Å². The van der Waals surface area contributed by atoms with E-state index in [-0.39, 0.29) is 50.4 Å². The second kappa shape index (κ2) is 28.4. The number of aromatic nitrogens is 2. The fraction of sp³-hybridized carbons (Fsp3) is 0.500. The summed E-state index contributed by atoms with van der Waals surface area (Å²) in [7, 11) is 1.18. The van der Waals surface area contributed by atoms with Crippen LogP contribution in [0, 0.1) is 38.0 Å². The molecule has 0 bridgehead atoms. The Hall–Kier alpha value is -8.44. The Bertz CT molecular complexity index is 2810. The first-order valence-corrected chi connectivity index (χ1v) is 26.7. The second-order valence-corrected chi connectivity index (χ2v) is 21.2. The number of nitrogens with one attached hydrogen (secondary N) is 5. The predicted molar refractivity (Wildman–Crippen MR) is 294 cm³/mol. The Morgan fingerprint density at radius 1 is 0.787 bits per heavy atom. The van der Waals surface area contributed by atoms with Gasteiger partial charge < -0.3 is 45.4 Å². The van der Waals surface area contributed by atoms with Crippen molar-refractivity contribution in [2.75, 3.05) is 18.6 Å². The number of carbonyl (C=O) groups excluding carboxylic acids is 7. The number of ether oxygens (including phenoxy) is 3. The number of likely N-dealkylation sites (tertiary alicyclic amines) is 1. The third-order valence-electron chi connectivity index (χ3n) is 13.9. The van der Waals surface area contributed by atoms with Crippen LogP contribution in [-0.4, -0.2) is 122 Å². The van der Waals surface area contributed by atoms with Crippen LogP contribution in [0.5, 0.6) is 5.75 Å². The minimum absolute atomic E-state index is 0.0491. The van der Waals surface area contributed by atoms with Crippen molar-refractivity contribution in [3.63, 3.8) is 0 Å². The van der Waals surface area contributed by atoms with E-state index in [1.54, 1.807) is 79.7 Å². The zero-order chi connectivity index (χ0) is 59.0. The van der Waals surface area contributed by atoms with Crippen LogP contribution in [0.4, 0.5) is 21.9 Å². The number of esters is 1. The molecule has 432 valence electrons. The van der Waals surface area contributed by atoms with Gasteiger partial charge in [-0.15, -0.1) is 0 Å². The van der Waals surface area contributed by atoms with E-state index in [4.69, 9.17) is 14.2 Å². The molecule has 24 nitrogen and oxygen atoms in total.